The monoisotopic (exact) mass is 528 g/mol. The molecule has 0 unspecified atom stereocenters. The van der Waals surface area contributed by atoms with Gasteiger partial charge in [-0.15, -0.1) is 13.2 Å². The molecule has 0 aliphatic heterocycles. The number of pyridine rings is 1. The van der Waals surface area contributed by atoms with Crippen molar-refractivity contribution in [3.05, 3.63) is 46.9 Å². The van der Waals surface area contributed by atoms with Gasteiger partial charge in [0.25, 0.3) is 5.56 Å². The van der Waals surface area contributed by atoms with Crippen molar-refractivity contribution in [2.75, 3.05) is 5.32 Å². The van der Waals surface area contributed by atoms with Crippen molar-refractivity contribution in [3.8, 4) is 11.8 Å². The van der Waals surface area contributed by atoms with Gasteiger partial charge < -0.3 is 20.4 Å². The number of nitrogens with zero attached hydrogens (tertiary/aromatic N) is 3. The second kappa shape index (κ2) is 10.7. The number of fused-ring (bicyclic) bond motifs is 1. The van der Waals surface area contributed by atoms with Crippen LogP contribution in [0.2, 0.25) is 0 Å². The van der Waals surface area contributed by atoms with E-state index in [2.05, 4.69) is 26.4 Å². The molecular weight excluding hydrogens is 497 g/mol. The summed E-state index contributed by atoms with van der Waals surface area (Å²) in [6.07, 6.45) is 6.62. The molecule has 2 aromatic heterocycles. The minimum absolute atomic E-state index is 0.260. The summed E-state index contributed by atoms with van der Waals surface area (Å²) in [5, 5.41) is 21.8. The first kappa shape index (κ1) is 26.1. The smallest absolute Gasteiger partial charge is 0.406 e. The standard InChI is InChI=1S/C27H31F3N6O2/c28-27(29,30)38-21-8-6-19(7-9-21)34-24-23-22(12-17-32-25(23)37)36(35-24)26(15-16-31)13-10-20(11-14-26)33-18-4-2-1-3-5-18/h6-9,12,17-18,20,33H,1-5,10-11,13-15H2,(H,32,37)(H,34,35). The average molecular weight is 529 g/mol. The van der Waals surface area contributed by atoms with E-state index in [0.29, 0.717) is 28.7 Å². The lowest BCUT2D eigenvalue weighted by Gasteiger charge is -2.41. The minimum Gasteiger partial charge on any atom is -0.406 e. The van der Waals surface area contributed by atoms with Gasteiger partial charge in [0.2, 0.25) is 0 Å². The molecule has 38 heavy (non-hydrogen) atoms. The number of benzene rings is 1. The summed E-state index contributed by atoms with van der Waals surface area (Å²) in [5.41, 5.74) is 0.162. The predicted octanol–water partition coefficient (Wildman–Crippen LogP) is 5.84. The highest BCUT2D eigenvalue weighted by atomic mass is 19.4. The molecule has 8 nitrogen and oxygen atoms in total. The zero-order valence-corrected chi connectivity index (χ0v) is 21.0. The van der Waals surface area contributed by atoms with Crippen LogP contribution >= 0.6 is 0 Å². The lowest BCUT2D eigenvalue weighted by Crippen LogP contribution is -2.46. The summed E-state index contributed by atoms with van der Waals surface area (Å²) in [4.78, 5) is 15.5. The molecule has 3 aromatic rings. The molecule has 0 amide bonds. The lowest BCUT2D eigenvalue weighted by molar-refractivity contribution is -0.274. The Morgan fingerprint density at radius 1 is 1.08 bits per heavy atom. The Balaban J connectivity index is 1.41. The first-order chi connectivity index (χ1) is 18.3. The molecule has 0 atom stereocenters. The Kier molecular flexibility index (Phi) is 7.34. The van der Waals surface area contributed by atoms with Crippen molar-refractivity contribution in [1.29, 1.82) is 5.26 Å². The Hall–Kier alpha value is -3.52. The molecule has 0 saturated heterocycles. The van der Waals surface area contributed by atoms with Gasteiger partial charge in [0.15, 0.2) is 5.82 Å². The Labute approximate surface area is 218 Å². The highest BCUT2D eigenvalue weighted by Crippen LogP contribution is 2.41. The number of anilines is 2. The van der Waals surface area contributed by atoms with E-state index in [4.69, 9.17) is 5.10 Å². The molecule has 2 fully saturated rings. The largest absolute Gasteiger partial charge is 0.573 e. The van der Waals surface area contributed by atoms with Gasteiger partial charge in [-0.25, -0.2) is 0 Å². The van der Waals surface area contributed by atoms with Crippen LogP contribution in [0.25, 0.3) is 10.9 Å². The molecular formula is C27H31F3N6O2. The molecule has 5 rings (SSSR count). The van der Waals surface area contributed by atoms with Crippen LogP contribution in [0, 0.1) is 11.3 Å². The van der Waals surface area contributed by atoms with E-state index in [0.717, 1.165) is 25.7 Å². The molecule has 3 N–H and O–H groups in total. The van der Waals surface area contributed by atoms with Crippen LogP contribution in [0.4, 0.5) is 24.7 Å². The van der Waals surface area contributed by atoms with Gasteiger partial charge in [-0.05, 0) is 68.9 Å². The quantitative estimate of drug-likeness (QED) is 0.356. The van der Waals surface area contributed by atoms with Gasteiger partial charge in [0, 0.05) is 24.0 Å². The van der Waals surface area contributed by atoms with Gasteiger partial charge in [-0.3, -0.25) is 9.48 Å². The highest BCUT2D eigenvalue weighted by Gasteiger charge is 2.40. The third-order valence-corrected chi connectivity index (χ3v) is 7.80. The minimum atomic E-state index is -4.78. The number of halogens is 3. The van der Waals surface area contributed by atoms with E-state index in [-0.39, 0.29) is 23.5 Å². The van der Waals surface area contributed by atoms with Crippen LogP contribution in [0.15, 0.2) is 41.3 Å². The summed E-state index contributed by atoms with van der Waals surface area (Å²) in [5.74, 6) is -0.0611. The van der Waals surface area contributed by atoms with Gasteiger partial charge >= 0.3 is 6.36 Å². The molecule has 2 heterocycles. The molecule has 2 aliphatic rings. The van der Waals surface area contributed by atoms with Crippen molar-refractivity contribution in [2.45, 2.75) is 88.2 Å². The van der Waals surface area contributed by atoms with Crippen LogP contribution in [-0.2, 0) is 5.54 Å². The summed E-state index contributed by atoms with van der Waals surface area (Å²) in [6.45, 7) is 0. The maximum atomic E-state index is 12.9. The highest BCUT2D eigenvalue weighted by molar-refractivity contribution is 5.91. The maximum Gasteiger partial charge on any atom is 0.573 e. The number of alkyl halides is 3. The number of hydrogen-bond acceptors (Lipinski definition) is 6. The molecule has 11 heteroatoms. The number of rotatable bonds is 7. The van der Waals surface area contributed by atoms with Crippen molar-refractivity contribution in [1.82, 2.24) is 20.1 Å². The third-order valence-electron chi connectivity index (χ3n) is 7.80. The van der Waals surface area contributed by atoms with Crippen LogP contribution in [0.5, 0.6) is 5.75 Å². The third kappa shape index (κ3) is 5.65. The van der Waals surface area contributed by atoms with Gasteiger partial charge in [-0.1, -0.05) is 19.3 Å². The maximum absolute atomic E-state index is 12.9. The van der Waals surface area contributed by atoms with E-state index in [1.807, 2.05) is 4.68 Å². The first-order valence-corrected chi connectivity index (χ1v) is 13.1. The number of aromatic nitrogens is 3. The van der Waals surface area contributed by atoms with E-state index >= 15 is 0 Å². The molecule has 2 aliphatic carbocycles. The summed E-state index contributed by atoms with van der Waals surface area (Å²) in [6, 6.07) is 10.3. The van der Waals surface area contributed by atoms with Crippen LogP contribution in [0.3, 0.4) is 0 Å². The van der Waals surface area contributed by atoms with E-state index in [1.165, 1.54) is 56.4 Å². The van der Waals surface area contributed by atoms with Crippen molar-refractivity contribution < 1.29 is 17.9 Å². The van der Waals surface area contributed by atoms with Crippen molar-refractivity contribution in [3.63, 3.8) is 0 Å². The average Bonchev–Trinajstić information content (AvgIpc) is 3.27. The molecule has 202 valence electrons. The fraction of sp³-hybridized carbons (Fsp3) is 0.519. The molecule has 2 saturated carbocycles. The molecule has 0 bridgehead atoms. The number of aromatic amines is 1. The predicted molar refractivity (Wildman–Crippen MR) is 137 cm³/mol. The van der Waals surface area contributed by atoms with Crippen LogP contribution < -0.4 is 20.9 Å². The molecule has 0 radical (unpaired) electrons. The summed E-state index contributed by atoms with van der Waals surface area (Å²) >= 11 is 0. The Morgan fingerprint density at radius 3 is 2.42 bits per heavy atom. The van der Waals surface area contributed by atoms with E-state index < -0.39 is 11.9 Å². The topological polar surface area (TPSA) is 108 Å². The number of ether oxygens (including phenoxy) is 1. The number of H-pyrrole nitrogens is 1. The fourth-order valence-corrected chi connectivity index (χ4v) is 5.94. The van der Waals surface area contributed by atoms with Gasteiger partial charge in [0.05, 0.1) is 23.5 Å². The summed E-state index contributed by atoms with van der Waals surface area (Å²) < 4.78 is 43.3. The fourth-order valence-electron chi connectivity index (χ4n) is 5.94. The Morgan fingerprint density at radius 2 is 1.76 bits per heavy atom. The van der Waals surface area contributed by atoms with Crippen molar-refractivity contribution in [2.24, 2.45) is 0 Å². The van der Waals surface area contributed by atoms with E-state index in [9.17, 15) is 23.2 Å². The second-order valence-corrected chi connectivity index (χ2v) is 10.4. The van der Waals surface area contributed by atoms with Crippen LogP contribution in [-0.4, -0.2) is 33.2 Å². The second-order valence-electron chi connectivity index (χ2n) is 10.4. The first-order valence-electron chi connectivity index (χ1n) is 13.1. The van der Waals surface area contributed by atoms with Crippen LogP contribution in [0.1, 0.15) is 64.2 Å². The molecule has 0 spiro atoms. The number of nitrogens with one attached hydrogen (secondary N) is 3. The zero-order valence-electron chi connectivity index (χ0n) is 21.0. The number of nitriles is 1. The van der Waals surface area contributed by atoms with Gasteiger partial charge in [0.1, 0.15) is 11.1 Å². The van der Waals surface area contributed by atoms with Crippen molar-refractivity contribution >= 4 is 22.4 Å². The molecule has 1 aromatic carbocycles. The van der Waals surface area contributed by atoms with Gasteiger partial charge in [-0.2, -0.15) is 10.4 Å². The zero-order chi connectivity index (χ0) is 26.8. The number of hydrogen-bond donors (Lipinski definition) is 3. The SMILES string of the molecule is N#CCC1(n2nc(Nc3ccc(OC(F)(F)F)cc3)c3c(=O)[nH]ccc32)CCC(NC2CCCCC2)CC1. The lowest BCUT2D eigenvalue weighted by atomic mass is 9.77. The normalized spacial score (nSPS) is 22.7. The Bertz CT molecular complexity index is 1340. The summed E-state index contributed by atoms with van der Waals surface area (Å²) in [7, 11) is 0. The van der Waals surface area contributed by atoms with E-state index in [1.54, 1.807) is 12.3 Å².